The van der Waals surface area contributed by atoms with Crippen LogP contribution in [0.3, 0.4) is 0 Å². The summed E-state index contributed by atoms with van der Waals surface area (Å²) in [6.45, 7) is 4.52. The number of hydrogen-bond acceptors (Lipinski definition) is 5. The molecule has 0 aliphatic heterocycles. The first-order valence-electron chi connectivity index (χ1n) is 6.77. The Balaban J connectivity index is 1.98. The maximum Gasteiger partial charge on any atom is 0.156 e. The van der Waals surface area contributed by atoms with Gasteiger partial charge in [0.2, 0.25) is 0 Å². The molecule has 0 radical (unpaired) electrons. The van der Waals surface area contributed by atoms with Crippen LogP contribution >= 0.6 is 0 Å². The van der Waals surface area contributed by atoms with Crippen molar-refractivity contribution >= 4 is 16.6 Å². The van der Waals surface area contributed by atoms with E-state index >= 15 is 0 Å². The highest BCUT2D eigenvalue weighted by Gasteiger charge is 2.10. The van der Waals surface area contributed by atoms with Gasteiger partial charge >= 0.3 is 0 Å². The lowest BCUT2D eigenvalue weighted by Gasteiger charge is -2.13. The van der Waals surface area contributed by atoms with Gasteiger partial charge in [0.15, 0.2) is 5.76 Å². The second-order valence-corrected chi connectivity index (χ2v) is 4.96. The van der Waals surface area contributed by atoms with Gasteiger partial charge in [0.25, 0.3) is 0 Å². The molecule has 0 saturated carbocycles. The number of hydrogen-bond donors (Lipinski definition) is 1. The van der Waals surface area contributed by atoms with Crippen LogP contribution in [-0.2, 0) is 6.54 Å². The molecule has 0 aliphatic carbocycles. The van der Waals surface area contributed by atoms with Gasteiger partial charge in [-0.05, 0) is 25.5 Å². The van der Waals surface area contributed by atoms with E-state index in [0.717, 1.165) is 39.4 Å². The minimum atomic E-state index is 0.581. The molecule has 0 aliphatic rings. The molecule has 21 heavy (non-hydrogen) atoms. The summed E-state index contributed by atoms with van der Waals surface area (Å²) < 4.78 is 10.6. The highest BCUT2D eigenvalue weighted by Crippen LogP contribution is 2.31. The van der Waals surface area contributed by atoms with E-state index in [1.165, 1.54) is 0 Å². The van der Waals surface area contributed by atoms with E-state index in [0.29, 0.717) is 6.54 Å². The van der Waals surface area contributed by atoms with Crippen molar-refractivity contribution in [3.8, 4) is 5.75 Å². The Morgan fingerprint density at radius 1 is 1.29 bits per heavy atom. The third-order valence-electron chi connectivity index (χ3n) is 3.39. The highest BCUT2D eigenvalue weighted by atomic mass is 16.5. The number of rotatable bonds is 4. The fraction of sp³-hybridized carbons (Fsp3) is 0.250. The number of pyridine rings is 1. The Morgan fingerprint density at radius 2 is 2.14 bits per heavy atom. The molecule has 5 heteroatoms. The van der Waals surface area contributed by atoms with Crippen molar-refractivity contribution in [3.05, 3.63) is 47.5 Å². The molecular weight excluding hydrogens is 266 g/mol. The molecule has 3 rings (SSSR count). The maximum atomic E-state index is 5.37. The van der Waals surface area contributed by atoms with E-state index in [-0.39, 0.29) is 0 Å². The molecule has 2 aromatic heterocycles. The summed E-state index contributed by atoms with van der Waals surface area (Å²) in [5.74, 6) is 1.57. The van der Waals surface area contributed by atoms with E-state index in [2.05, 4.69) is 15.5 Å². The number of methoxy groups -OCH3 is 1. The van der Waals surface area contributed by atoms with Crippen molar-refractivity contribution in [2.45, 2.75) is 20.4 Å². The summed E-state index contributed by atoms with van der Waals surface area (Å²) in [5, 5.41) is 8.33. The van der Waals surface area contributed by atoms with Gasteiger partial charge in [-0.15, -0.1) is 0 Å². The van der Waals surface area contributed by atoms with Crippen LogP contribution in [0.2, 0.25) is 0 Å². The number of fused-ring (bicyclic) bond motifs is 1. The molecule has 0 fully saturated rings. The van der Waals surface area contributed by atoms with Crippen LogP contribution in [0.25, 0.3) is 10.9 Å². The smallest absolute Gasteiger partial charge is 0.156 e. The predicted molar refractivity (Wildman–Crippen MR) is 81.6 cm³/mol. The van der Waals surface area contributed by atoms with E-state index in [9.17, 15) is 0 Å². The third kappa shape index (κ3) is 2.54. The Kier molecular flexibility index (Phi) is 3.48. The molecule has 5 nitrogen and oxygen atoms in total. The maximum absolute atomic E-state index is 5.37. The number of para-hydroxylation sites is 1. The number of nitrogens with one attached hydrogen (secondary N) is 1. The summed E-state index contributed by atoms with van der Waals surface area (Å²) >= 11 is 0. The van der Waals surface area contributed by atoms with Gasteiger partial charge in [-0.3, -0.25) is 4.98 Å². The van der Waals surface area contributed by atoms with Crippen molar-refractivity contribution in [2.75, 3.05) is 12.4 Å². The molecule has 2 heterocycles. The average Bonchev–Trinajstić information content (AvgIpc) is 2.91. The molecule has 0 saturated heterocycles. The van der Waals surface area contributed by atoms with Crippen LogP contribution in [0.1, 0.15) is 17.0 Å². The lowest BCUT2D eigenvalue weighted by atomic mass is 10.1. The summed E-state index contributed by atoms with van der Waals surface area (Å²) in [7, 11) is 1.65. The highest BCUT2D eigenvalue weighted by molar-refractivity contribution is 5.96. The standard InChI is InChI=1S/C16H17N3O2/c1-10-8-17-16-13(5-4-6-14(16)20-3)15(10)18-9-12-7-11(2)19-21-12/h4-8H,9H2,1-3H3,(H,17,18). The summed E-state index contributed by atoms with van der Waals surface area (Å²) in [6, 6.07) is 7.83. The van der Waals surface area contributed by atoms with E-state index in [1.54, 1.807) is 7.11 Å². The Labute approximate surface area is 122 Å². The van der Waals surface area contributed by atoms with E-state index in [1.807, 2.05) is 44.3 Å². The van der Waals surface area contributed by atoms with Gasteiger partial charge in [-0.25, -0.2) is 0 Å². The average molecular weight is 283 g/mol. The number of anilines is 1. The zero-order valence-electron chi connectivity index (χ0n) is 12.3. The van der Waals surface area contributed by atoms with Crippen molar-refractivity contribution in [3.63, 3.8) is 0 Å². The first kappa shape index (κ1) is 13.4. The summed E-state index contributed by atoms with van der Waals surface area (Å²) in [6.07, 6.45) is 1.85. The van der Waals surface area contributed by atoms with Crippen molar-refractivity contribution < 1.29 is 9.26 Å². The number of nitrogens with zero attached hydrogens (tertiary/aromatic N) is 2. The van der Waals surface area contributed by atoms with Gasteiger partial charge in [0.1, 0.15) is 11.3 Å². The second-order valence-electron chi connectivity index (χ2n) is 4.96. The number of benzene rings is 1. The molecule has 0 unspecified atom stereocenters. The van der Waals surface area contributed by atoms with Crippen LogP contribution < -0.4 is 10.1 Å². The number of aromatic nitrogens is 2. The first-order chi connectivity index (χ1) is 10.2. The molecule has 0 spiro atoms. The SMILES string of the molecule is COc1cccc2c(NCc3cc(C)no3)c(C)cnc12. The lowest BCUT2D eigenvalue weighted by Crippen LogP contribution is -2.02. The first-order valence-corrected chi connectivity index (χ1v) is 6.77. The van der Waals surface area contributed by atoms with Crippen LogP contribution in [0.15, 0.2) is 35.0 Å². The normalized spacial score (nSPS) is 10.8. The van der Waals surface area contributed by atoms with Crippen molar-refractivity contribution in [2.24, 2.45) is 0 Å². The monoisotopic (exact) mass is 283 g/mol. The fourth-order valence-corrected chi connectivity index (χ4v) is 2.37. The van der Waals surface area contributed by atoms with Gasteiger partial charge in [-0.2, -0.15) is 0 Å². The quantitative estimate of drug-likeness (QED) is 0.794. The minimum Gasteiger partial charge on any atom is -0.494 e. The molecule has 0 amide bonds. The Hall–Kier alpha value is -2.56. The van der Waals surface area contributed by atoms with Gasteiger partial charge in [0, 0.05) is 23.3 Å². The number of aryl methyl sites for hydroxylation is 2. The van der Waals surface area contributed by atoms with Crippen molar-refractivity contribution in [1.82, 2.24) is 10.1 Å². The largest absolute Gasteiger partial charge is 0.494 e. The van der Waals surface area contributed by atoms with Crippen LogP contribution in [0, 0.1) is 13.8 Å². The van der Waals surface area contributed by atoms with Gasteiger partial charge < -0.3 is 14.6 Å². The fourth-order valence-electron chi connectivity index (χ4n) is 2.37. The van der Waals surface area contributed by atoms with Gasteiger partial charge in [0.05, 0.1) is 19.3 Å². The third-order valence-corrected chi connectivity index (χ3v) is 3.39. The molecule has 0 bridgehead atoms. The summed E-state index contributed by atoms with van der Waals surface area (Å²) in [4.78, 5) is 4.47. The minimum absolute atomic E-state index is 0.581. The van der Waals surface area contributed by atoms with Crippen LogP contribution in [0.4, 0.5) is 5.69 Å². The predicted octanol–water partition coefficient (Wildman–Crippen LogP) is 3.46. The zero-order valence-corrected chi connectivity index (χ0v) is 12.3. The van der Waals surface area contributed by atoms with Crippen LogP contribution in [0.5, 0.6) is 5.75 Å². The molecule has 0 atom stereocenters. The second kappa shape index (κ2) is 5.44. The molecule has 1 aromatic carbocycles. The van der Waals surface area contributed by atoms with E-state index in [4.69, 9.17) is 9.26 Å². The topological polar surface area (TPSA) is 60.2 Å². The van der Waals surface area contributed by atoms with E-state index < -0.39 is 0 Å². The van der Waals surface area contributed by atoms with Gasteiger partial charge in [-0.1, -0.05) is 17.3 Å². The van der Waals surface area contributed by atoms with Crippen molar-refractivity contribution in [1.29, 1.82) is 0 Å². The molecule has 3 aromatic rings. The lowest BCUT2D eigenvalue weighted by molar-refractivity contribution is 0.384. The zero-order chi connectivity index (χ0) is 14.8. The number of ether oxygens (including phenoxy) is 1. The van der Waals surface area contributed by atoms with Crippen LogP contribution in [-0.4, -0.2) is 17.3 Å². The molecule has 108 valence electrons. The molecular formula is C16H17N3O2. The summed E-state index contributed by atoms with van der Waals surface area (Å²) in [5.41, 5.74) is 3.84. The molecule has 1 N–H and O–H groups in total. The Bertz CT molecular complexity index is 780. The Morgan fingerprint density at radius 3 is 2.86 bits per heavy atom.